The molecule has 0 bridgehead atoms. The lowest BCUT2D eigenvalue weighted by molar-refractivity contribution is -0.153. The molecule has 13 nitrogen and oxygen atoms in total. The summed E-state index contributed by atoms with van der Waals surface area (Å²) in [5.74, 6) is -0.802. The van der Waals surface area contributed by atoms with Crippen molar-refractivity contribution in [1.82, 2.24) is 29.7 Å². The van der Waals surface area contributed by atoms with Crippen molar-refractivity contribution < 1.29 is 28.4 Å². The first-order valence-corrected chi connectivity index (χ1v) is 15.3. The Morgan fingerprint density at radius 2 is 1.85 bits per heavy atom. The Balaban J connectivity index is 1.71. The van der Waals surface area contributed by atoms with Crippen molar-refractivity contribution in [2.75, 3.05) is 12.1 Å². The Morgan fingerprint density at radius 3 is 2.51 bits per heavy atom. The zero-order chi connectivity index (χ0) is 28.8. The molecule has 0 radical (unpaired) electrons. The molecule has 14 heteroatoms. The highest BCUT2D eigenvalue weighted by Gasteiger charge is 2.40. The van der Waals surface area contributed by atoms with Crippen molar-refractivity contribution in [2.24, 2.45) is 0 Å². The number of carbonyl (C=O) groups excluding carboxylic acids is 2. The van der Waals surface area contributed by atoms with Gasteiger partial charge in [-0.15, -0.1) is 0 Å². The number of carbonyl (C=O) groups is 2. The van der Waals surface area contributed by atoms with E-state index in [4.69, 9.17) is 19.9 Å². The zero-order valence-electron chi connectivity index (χ0n) is 23.7. The fraction of sp³-hybridized carbons (Fsp3) is 0.720. The van der Waals surface area contributed by atoms with Gasteiger partial charge in [-0.1, -0.05) is 6.42 Å². The standard InChI is InChI=1S/C25H42N7O6P/c1-16(2)37-24(34)25(5,6)31-39(35,30-18(4)23(33)38-19-10-8-7-9-11-19)15-36-17(3)12-32-14-29-20-21(26)27-13-28-22(20)32/h13-14,16-19H,7-12,15H2,1-6H3,(H2,26,27,28)(H2,30,31,35). The van der Waals surface area contributed by atoms with Gasteiger partial charge in [-0.25, -0.2) is 25.1 Å². The van der Waals surface area contributed by atoms with Gasteiger partial charge in [0.2, 0.25) is 7.44 Å². The number of hydrogen-bond acceptors (Lipinski definition) is 10. The van der Waals surface area contributed by atoms with E-state index < -0.39 is 37.1 Å². The Bertz CT molecular complexity index is 1180. The number of ether oxygens (including phenoxy) is 3. The summed E-state index contributed by atoms with van der Waals surface area (Å²) < 4.78 is 32.9. The molecule has 3 rings (SSSR count). The van der Waals surface area contributed by atoms with Crippen molar-refractivity contribution in [1.29, 1.82) is 0 Å². The Labute approximate surface area is 229 Å². The van der Waals surface area contributed by atoms with Crippen molar-refractivity contribution in [2.45, 2.75) is 110 Å². The molecule has 0 aromatic carbocycles. The van der Waals surface area contributed by atoms with E-state index in [1.807, 2.05) is 0 Å². The van der Waals surface area contributed by atoms with Crippen LogP contribution in [0.3, 0.4) is 0 Å². The van der Waals surface area contributed by atoms with Gasteiger partial charge in [-0.3, -0.25) is 14.2 Å². The molecule has 2 aromatic rings. The first-order chi connectivity index (χ1) is 18.3. The van der Waals surface area contributed by atoms with Gasteiger partial charge in [-0.2, -0.15) is 0 Å². The monoisotopic (exact) mass is 567 g/mol. The number of imidazole rings is 1. The summed E-state index contributed by atoms with van der Waals surface area (Å²) >= 11 is 0. The lowest BCUT2D eigenvalue weighted by atomic mass is 9.98. The first kappa shape index (κ1) is 30.9. The topological polar surface area (TPSA) is 173 Å². The smallest absolute Gasteiger partial charge is 0.326 e. The maximum absolute atomic E-state index is 14.2. The largest absolute Gasteiger partial charge is 0.462 e. The predicted molar refractivity (Wildman–Crippen MR) is 147 cm³/mol. The van der Waals surface area contributed by atoms with Crippen LogP contribution in [0, 0.1) is 0 Å². The summed E-state index contributed by atoms with van der Waals surface area (Å²) in [5, 5.41) is 5.78. The molecule has 3 atom stereocenters. The Morgan fingerprint density at radius 1 is 1.15 bits per heavy atom. The van der Waals surface area contributed by atoms with Gasteiger partial charge in [0.1, 0.15) is 35.9 Å². The molecule has 1 saturated carbocycles. The molecule has 1 fully saturated rings. The van der Waals surface area contributed by atoms with Crippen LogP contribution >= 0.6 is 7.44 Å². The van der Waals surface area contributed by atoms with E-state index in [2.05, 4.69) is 25.1 Å². The SMILES string of the molecule is CC(C)OC(=O)C(C)(C)NP(=O)(COC(C)Cn1cnc2c(N)ncnc21)NC(C)C(=O)OC1CCCCC1. The molecule has 39 heavy (non-hydrogen) atoms. The van der Waals surface area contributed by atoms with Crippen molar-refractivity contribution in [3.8, 4) is 0 Å². The molecule has 218 valence electrons. The molecule has 2 heterocycles. The molecule has 0 aliphatic heterocycles. The van der Waals surface area contributed by atoms with E-state index in [9.17, 15) is 14.2 Å². The predicted octanol–water partition coefficient (Wildman–Crippen LogP) is 3.14. The maximum atomic E-state index is 14.2. The number of nitrogens with zero attached hydrogens (tertiary/aromatic N) is 4. The van der Waals surface area contributed by atoms with Gasteiger partial charge in [0.25, 0.3) is 0 Å². The summed E-state index contributed by atoms with van der Waals surface area (Å²) in [6, 6.07) is -0.904. The highest BCUT2D eigenvalue weighted by Crippen LogP contribution is 2.40. The van der Waals surface area contributed by atoms with Crippen LogP contribution < -0.4 is 15.9 Å². The summed E-state index contributed by atoms with van der Waals surface area (Å²) in [6.07, 6.45) is 6.51. The van der Waals surface area contributed by atoms with Gasteiger partial charge in [0.05, 0.1) is 25.1 Å². The number of anilines is 1. The lowest BCUT2D eigenvalue weighted by Crippen LogP contribution is -2.51. The number of aromatic nitrogens is 4. The van der Waals surface area contributed by atoms with Crippen molar-refractivity contribution >= 4 is 36.4 Å². The summed E-state index contributed by atoms with van der Waals surface area (Å²) in [6.45, 7) is 10.3. The molecule has 1 aliphatic rings. The van der Waals surface area contributed by atoms with E-state index in [-0.39, 0.29) is 24.4 Å². The van der Waals surface area contributed by atoms with E-state index in [0.717, 1.165) is 32.1 Å². The van der Waals surface area contributed by atoms with Crippen LogP contribution in [0.2, 0.25) is 0 Å². The van der Waals surface area contributed by atoms with Crippen molar-refractivity contribution in [3.05, 3.63) is 12.7 Å². The van der Waals surface area contributed by atoms with Crippen LogP contribution in [0.4, 0.5) is 5.82 Å². The first-order valence-electron chi connectivity index (χ1n) is 13.4. The summed E-state index contributed by atoms with van der Waals surface area (Å²) in [7, 11) is -3.70. The number of nitrogens with one attached hydrogen (secondary N) is 2. The van der Waals surface area contributed by atoms with Gasteiger partial charge in [-0.05, 0) is 67.2 Å². The van der Waals surface area contributed by atoms with Crippen LogP contribution in [-0.4, -0.2) is 67.7 Å². The second-order valence-electron chi connectivity index (χ2n) is 10.9. The fourth-order valence-electron chi connectivity index (χ4n) is 4.37. The molecular formula is C25H42N7O6P. The Hall–Kier alpha value is -2.60. The maximum Gasteiger partial charge on any atom is 0.326 e. The van der Waals surface area contributed by atoms with Crippen LogP contribution in [-0.2, 0) is 34.9 Å². The minimum atomic E-state index is -3.70. The number of fused-ring (bicyclic) bond motifs is 1. The number of nitrogen functional groups attached to an aromatic ring is 1. The third-order valence-electron chi connectivity index (χ3n) is 6.33. The van der Waals surface area contributed by atoms with Gasteiger partial charge in [0.15, 0.2) is 11.5 Å². The average molecular weight is 568 g/mol. The van der Waals surface area contributed by atoms with E-state index >= 15 is 0 Å². The summed E-state index contributed by atoms with van der Waals surface area (Å²) in [4.78, 5) is 38.0. The highest BCUT2D eigenvalue weighted by molar-refractivity contribution is 7.59. The Kier molecular flexibility index (Phi) is 10.4. The van der Waals surface area contributed by atoms with Crippen LogP contribution in [0.1, 0.15) is 73.6 Å². The molecular weight excluding hydrogens is 525 g/mol. The van der Waals surface area contributed by atoms with Gasteiger partial charge < -0.3 is 24.5 Å². The summed E-state index contributed by atoms with van der Waals surface area (Å²) in [5.41, 5.74) is 5.57. The van der Waals surface area contributed by atoms with E-state index in [1.165, 1.54) is 6.33 Å². The fourth-order valence-corrected chi connectivity index (χ4v) is 6.76. The van der Waals surface area contributed by atoms with Crippen LogP contribution in [0.5, 0.6) is 0 Å². The minimum Gasteiger partial charge on any atom is -0.462 e. The molecule has 4 N–H and O–H groups in total. The molecule has 1 aliphatic carbocycles. The van der Waals surface area contributed by atoms with E-state index in [1.54, 1.807) is 52.4 Å². The van der Waals surface area contributed by atoms with Crippen LogP contribution in [0.15, 0.2) is 12.7 Å². The zero-order valence-corrected chi connectivity index (χ0v) is 24.6. The third kappa shape index (κ3) is 8.69. The second-order valence-corrected chi connectivity index (χ2v) is 13.1. The molecule has 0 amide bonds. The number of hydrogen-bond donors (Lipinski definition) is 3. The number of nitrogens with two attached hydrogens (primary N) is 1. The third-order valence-corrected chi connectivity index (χ3v) is 8.57. The lowest BCUT2D eigenvalue weighted by Gasteiger charge is -2.33. The quantitative estimate of drug-likeness (QED) is 0.239. The van der Waals surface area contributed by atoms with Crippen LogP contribution in [0.25, 0.3) is 11.2 Å². The van der Waals surface area contributed by atoms with E-state index in [0.29, 0.717) is 17.7 Å². The average Bonchev–Trinajstić information content (AvgIpc) is 3.26. The second kappa shape index (κ2) is 13.2. The minimum absolute atomic E-state index is 0.139. The van der Waals surface area contributed by atoms with Crippen molar-refractivity contribution in [3.63, 3.8) is 0 Å². The number of esters is 2. The molecule has 0 spiro atoms. The van der Waals surface area contributed by atoms with Gasteiger partial charge >= 0.3 is 11.9 Å². The molecule has 2 aromatic heterocycles. The molecule has 3 unspecified atom stereocenters. The normalized spacial score (nSPS) is 18.0. The van der Waals surface area contributed by atoms with Gasteiger partial charge in [0, 0.05) is 0 Å². The molecule has 0 saturated heterocycles. The highest BCUT2D eigenvalue weighted by atomic mass is 31.2. The number of rotatable bonds is 13.